The van der Waals surface area contributed by atoms with Gasteiger partial charge >= 0.3 is 0 Å². The Bertz CT molecular complexity index is 289. The van der Waals surface area contributed by atoms with Crippen molar-refractivity contribution in [3.05, 3.63) is 24.0 Å². The number of ether oxygens (including phenoxy) is 1. The molecule has 0 saturated heterocycles. The monoisotopic (exact) mass is 200 g/mol. The Kier molecular flexibility index (Phi) is 3.30. The zero-order valence-corrected chi connectivity index (χ0v) is 9.16. The standard InChI is InChI=1S/C9H13FO2Si/c1-11-7-4-5-8(10)9(6-7)12-13(2)3/h4-6,13H,1-3H3. The van der Waals surface area contributed by atoms with Crippen molar-refractivity contribution in [1.29, 1.82) is 0 Å². The smallest absolute Gasteiger partial charge is 0.229 e. The van der Waals surface area contributed by atoms with Crippen LogP contribution in [0.4, 0.5) is 4.39 Å². The highest BCUT2D eigenvalue weighted by atomic mass is 28.3. The summed E-state index contributed by atoms with van der Waals surface area (Å²) in [6.07, 6.45) is 0. The summed E-state index contributed by atoms with van der Waals surface area (Å²) in [7, 11) is 0.293. The summed E-state index contributed by atoms with van der Waals surface area (Å²) < 4.78 is 23.4. The molecular formula is C9H13FO2Si. The normalized spacial score (nSPS) is 10.2. The number of halogens is 1. The Morgan fingerprint density at radius 3 is 2.54 bits per heavy atom. The summed E-state index contributed by atoms with van der Waals surface area (Å²) in [5.41, 5.74) is 0. The maximum Gasteiger partial charge on any atom is 0.229 e. The van der Waals surface area contributed by atoms with E-state index in [-0.39, 0.29) is 5.82 Å². The molecular weight excluding hydrogens is 187 g/mol. The molecule has 0 aromatic heterocycles. The molecule has 0 saturated carbocycles. The first-order valence-electron chi connectivity index (χ1n) is 4.13. The molecule has 0 heterocycles. The summed E-state index contributed by atoms with van der Waals surface area (Å²) in [6.45, 7) is 3.97. The fourth-order valence-electron chi connectivity index (χ4n) is 0.955. The molecule has 0 spiro atoms. The van der Waals surface area contributed by atoms with Gasteiger partial charge in [-0.1, -0.05) is 0 Å². The molecule has 0 unspecified atom stereocenters. The van der Waals surface area contributed by atoms with Gasteiger partial charge in [-0.2, -0.15) is 0 Å². The average molecular weight is 200 g/mol. The van der Waals surface area contributed by atoms with Crippen molar-refractivity contribution in [2.24, 2.45) is 0 Å². The Morgan fingerprint density at radius 1 is 1.31 bits per heavy atom. The highest BCUT2D eigenvalue weighted by Gasteiger charge is 2.06. The van der Waals surface area contributed by atoms with E-state index in [0.29, 0.717) is 11.5 Å². The molecule has 1 aromatic carbocycles. The third-order valence-electron chi connectivity index (χ3n) is 1.50. The molecule has 13 heavy (non-hydrogen) atoms. The van der Waals surface area contributed by atoms with E-state index in [0.717, 1.165) is 0 Å². The Hall–Kier alpha value is -1.03. The van der Waals surface area contributed by atoms with Crippen LogP contribution >= 0.6 is 0 Å². The molecule has 1 rings (SSSR count). The van der Waals surface area contributed by atoms with E-state index in [2.05, 4.69) is 0 Å². The fraction of sp³-hybridized carbons (Fsp3) is 0.333. The van der Waals surface area contributed by atoms with Gasteiger partial charge in [0.05, 0.1) is 7.11 Å². The molecule has 2 nitrogen and oxygen atoms in total. The lowest BCUT2D eigenvalue weighted by atomic mass is 10.3. The number of rotatable bonds is 3. The van der Waals surface area contributed by atoms with Gasteiger partial charge < -0.3 is 9.16 Å². The van der Waals surface area contributed by atoms with Gasteiger partial charge in [0.1, 0.15) is 11.5 Å². The minimum Gasteiger partial charge on any atom is -0.545 e. The number of benzene rings is 1. The van der Waals surface area contributed by atoms with E-state index in [4.69, 9.17) is 9.16 Å². The first-order chi connectivity index (χ1) is 6.13. The van der Waals surface area contributed by atoms with Gasteiger partial charge in [0.2, 0.25) is 9.04 Å². The molecule has 0 amide bonds. The highest BCUT2D eigenvalue weighted by Crippen LogP contribution is 2.23. The average Bonchev–Trinajstić information content (AvgIpc) is 2.08. The summed E-state index contributed by atoms with van der Waals surface area (Å²) in [4.78, 5) is 0. The second kappa shape index (κ2) is 4.27. The second-order valence-corrected chi connectivity index (χ2v) is 5.30. The molecule has 0 aliphatic heterocycles. The van der Waals surface area contributed by atoms with Crippen molar-refractivity contribution >= 4 is 9.04 Å². The van der Waals surface area contributed by atoms with Gasteiger partial charge in [-0.3, -0.25) is 0 Å². The van der Waals surface area contributed by atoms with E-state index in [1.807, 2.05) is 13.1 Å². The summed E-state index contributed by atoms with van der Waals surface area (Å²) in [6, 6.07) is 4.50. The number of hydrogen-bond acceptors (Lipinski definition) is 2. The van der Waals surface area contributed by atoms with E-state index < -0.39 is 9.04 Å². The topological polar surface area (TPSA) is 18.5 Å². The van der Waals surface area contributed by atoms with Crippen LogP contribution in [0.2, 0.25) is 13.1 Å². The van der Waals surface area contributed by atoms with Crippen LogP contribution in [-0.2, 0) is 0 Å². The lowest BCUT2D eigenvalue weighted by molar-refractivity contribution is 0.409. The van der Waals surface area contributed by atoms with E-state index in [1.165, 1.54) is 6.07 Å². The minimum absolute atomic E-state index is 0.293. The molecule has 0 bridgehead atoms. The lowest BCUT2D eigenvalue weighted by Gasteiger charge is -2.11. The third kappa shape index (κ3) is 2.73. The van der Waals surface area contributed by atoms with Crippen molar-refractivity contribution in [2.45, 2.75) is 13.1 Å². The fourth-order valence-corrected chi connectivity index (χ4v) is 1.64. The first-order valence-corrected chi connectivity index (χ1v) is 6.91. The maximum atomic E-state index is 13.1. The quantitative estimate of drug-likeness (QED) is 0.696. The van der Waals surface area contributed by atoms with Gasteiger partial charge in [-0.15, -0.1) is 0 Å². The first kappa shape index (κ1) is 10.1. The van der Waals surface area contributed by atoms with Gasteiger partial charge in [0.15, 0.2) is 5.82 Å². The van der Waals surface area contributed by atoms with Crippen LogP contribution < -0.4 is 9.16 Å². The van der Waals surface area contributed by atoms with Crippen LogP contribution in [0, 0.1) is 5.82 Å². The van der Waals surface area contributed by atoms with Crippen LogP contribution in [0.25, 0.3) is 0 Å². The minimum atomic E-state index is -1.25. The van der Waals surface area contributed by atoms with E-state index in [9.17, 15) is 4.39 Å². The van der Waals surface area contributed by atoms with Crippen LogP contribution in [0.1, 0.15) is 0 Å². The van der Waals surface area contributed by atoms with Crippen LogP contribution in [-0.4, -0.2) is 16.2 Å². The second-order valence-electron chi connectivity index (χ2n) is 2.96. The van der Waals surface area contributed by atoms with Crippen molar-refractivity contribution in [3.63, 3.8) is 0 Å². The summed E-state index contributed by atoms with van der Waals surface area (Å²) in [5, 5.41) is 0. The van der Waals surface area contributed by atoms with Crippen LogP contribution in [0.15, 0.2) is 18.2 Å². The molecule has 1 aromatic rings. The lowest BCUT2D eigenvalue weighted by Crippen LogP contribution is -2.12. The summed E-state index contributed by atoms with van der Waals surface area (Å²) >= 11 is 0. The molecule has 0 radical (unpaired) electrons. The molecule has 4 heteroatoms. The highest BCUT2D eigenvalue weighted by molar-refractivity contribution is 6.49. The zero-order valence-electron chi connectivity index (χ0n) is 8.00. The molecule has 0 aliphatic carbocycles. The van der Waals surface area contributed by atoms with Gasteiger partial charge in [-0.25, -0.2) is 4.39 Å². The van der Waals surface area contributed by atoms with E-state index in [1.54, 1.807) is 19.2 Å². The van der Waals surface area contributed by atoms with Gasteiger partial charge in [-0.05, 0) is 25.2 Å². The van der Waals surface area contributed by atoms with Crippen molar-refractivity contribution in [3.8, 4) is 11.5 Å². The largest absolute Gasteiger partial charge is 0.545 e. The van der Waals surface area contributed by atoms with Gasteiger partial charge in [0, 0.05) is 6.07 Å². The maximum absolute atomic E-state index is 13.1. The predicted molar refractivity (Wildman–Crippen MR) is 52.5 cm³/mol. The molecule has 72 valence electrons. The van der Waals surface area contributed by atoms with Gasteiger partial charge in [0.25, 0.3) is 0 Å². The molecule has 0 aliphatic rings. The Balaban J connectivity index is 2.90. The van der Waals surface area contributed by atoms with Crippen molar-refractivity contribution in [1.82, 2.24) is 0 Å². The SMILES string of the molecule is COc1ccc(F)c(O[SiH](C)C)c1. The predicted octanol–water partition coefficient (Wildman–Crippen LogP) is 2.20. The van der Waals surface area contributed by atoms with Crippen LogP contribution in [0.5, 0.6) is 11.5 Å². The van der Waals surface area contributed by atoms with Crippen molar-refractivity contribution < 1.29 is 13.6 Å². The Labute approximate surface area is 79.0 Å². The Morgan fingerprint density at radius 2 is 2.00 bits per heavy atom. The molecule has 0 fully saturated rings. The zero-order chi connectivity index (χ0) is 9.84. The van der Waals surface area contributed by atoms with E-state index >= 15 is 0 Å². The number of methoxy groups -OCH3 is 1. The third-order valence-corrected chi connectivity index (χ3v) is 2.23. The summed E-state index contributed by atoms with van der Waals surface area (Å²) in [5.74, 6) is 0.578. The molecule has 0 atom stereocenters. The number of hydrogen-bond donors (Lipinski definition) is 0. The van der Waals surface area contributed by atoms with Crippen LogP contribution in [0.3, 0.4) is 0 Å². The van der Waals surface area contributed by atoms with Crippen molar-refractivity contribution in [2.75, 3.05) is 7.11 Å². The molecule has 0 N–H and O–H groups in total.